The molecule has 4 rings (SSSR count). The average Bonchev–Trinajstić information content (AvgIpc) is 2.79. The highest BCUT2D eigenvalue weighted by Gasteiger charge is 2.20. The summed E-state index contributed by atoms with van der Waals surface area (Å²) in [5.41, 5.74) is 10.6. The van der Waals surface area contributed by atoms with E-state index in [4.69, 9.17) is 11.0 Å². The molecule has 0 unspecified atom stereocenters. The van der Waals surface area contributed by atoms with Crippen LogP contribution in [-0.2, 0) is 16.0 Å². The lowest BCUT2D eigenvalue weighted by molar-refractivity contribution is -0.116. The summed E-state index contributed by atoms with van der Waals surface area (Å²) in [5, 5.41) is 18.0. The zero-order valence-electron chi connectivity index (χ0n) is 18.0. The van der Waals surface area contributed by atoms with Crippen LogP contribution in [-0.4, -0.2) is 28.6 Å². The van der Waals surface area contributed by atoms with Crippen LogP contribution in [0.1, 0.15) is 31.5 Å². The molecule has 0 radical (unpaired) electrons. The number of hydrogen-bond donors (Lipinski definition) is 2. The summed E-state index contributed by atoms with van der Waals surface area (Å²) in [6.45, 7) is 3.90. The second-order valence-corrected chi connectivity index (χ2v) is 7.33. The molecule has 0 spiro atoms. The fourth-order valence-electron chi connectivity index (χ4n) is 3.49. The summed E-state index contributed by atoms with van der Waals surface area (Å²) in [7, 11) is 0. The van der Waals surface area contributed by atoms with Crippen LogP contribution in [0.25, 0.3) is 11.1 Å². The highest BCUT2D eigenvalue weighted by molar-refractivity contribution is 5.93. The maximum absolute atomic E-state index is 11.7. The molecule has 162 valence electrons. The van der Waals surface area contributed by atoms with Gasteiger partial charge < -0.3 is 16.0 Å². The van der Waals surface area contributed by atoms with Crippen molar-refractivity contribution in [1.82, 2.24) is 10.2 Å². The number of nitrogens with one attached hydrogen (secondary N) is 1. The second kappa shape index (κ2) is 10.2. The van der Waals surface area contributed by atoms with Crippen LogP contribution in [0.2, 0.25) is 0 Å². The van der Waals surface area contributed by atoms with Crippen molar-refractivity contribution in [2.45, 2.75) is 26.7 Å². The summed E-state index contributed by atoms with van der Waals surface area (Å²) in [5.74, 6) is 0.338. The average molecular weight is 428 g/mol. The number of anilines is 3. The largest absolute Gasteiger partial charge is 0.382 e. The second-order valence-electron chi connectivity index (χ2n) is 7.33. The normalized spacial score (nSPS) is 12.0. The van der Waals surface area contributed by atoms with E-state index in [1.54, 1.807) is 6.92 Å². The summed E-state index contributed by atoms with van der Waals surface area (Å²) in [6, 6.07) is 18.9. The van der Waals surface area contributed by atoms with Crippen LogP contribution in [0, 0.1) is 11.3 Å². The van der Waals surface area contributed by atoms with Crippen LogP contribution in [0.5, 0.6) is 0 Å². The molecule has 0 fully saturated rings. The van der Waals surface area contributed by atoms with Gasteiger partial charge >= 0.3 is 0 Å². The van der Waals surface area contributed by atoms with E-state index >= 15 is 0 Å². The lowest BCUT2D eigenvalue weighted by Crippen LogP contribution is -2.33. The number of rotatable bonds is 2. The minimum Gasteiger partial charge on any atom is -0.382 e. The standard InChI is InChI=1S/C19H20N2O2.C5H4N4/c1-13(22)20-18-7-3-5-15(12-18)16-8-9-19-17(11-16)6-4-10-21(19)14(2)23;6-3-4-1-2-5(7)9-8-4/h3,5,7-9,11-12H,4,6,10H2,1-2H3,(H,20,22);1-2H,(H2,7,9). The number of nitriles is 1. The van der Waals surface area contributed by atoms with Gasteiger partial charge in [0.15, 0.2) is 5.69 Å². The van der Waals surface area contributed by atoms with E-state index < -0.39 is 0 Å². The first-order valence-electron chi connectivity index (χ1n) is 10.2. The van der Waals surface area contributed by atoms with Gasteiger partial charge in [-0.25, -0.2) is 0 Å². The van der Waals surface area contributed by atoms with Crippen LogP contribution >= 0.6 is 0 Å². The van der Waals surface area contributed by atoms with Gasteiger partial charge in [0.05, 0.1) is 0 Å². The molecular weight excluding hydrogens is 404 g/mol. The van der Waals surface area contributed by atoms with Crippen LogP contribution < -0.4 is 16.0 Å². The minimum atomic E-state index is -0.0790. The highest BCUT2D eigenvalue weighted by Crippen LogP contribution is 2.32. The molecular formula is C24H24N6O2. The molecule has 0 aliphatic carbocycles. The molecule has 1 aliphatic rings. The quantitative estimate of drug-likeness (QED) is 0.643. The predicted octanol–water partition coefficient (Wildman–Crippen LogP) is 3.54. The van der Waals surface area contributed by atoms with Gasteiger partial charge in [0.1, 0.15) is 11.9 Å². The molecule has 0 saturated carbocycles. The lowest BCUT2D eigenvalue weighted by Gasteiger charge is -2.29. The Labute approximate surface area is 186 Å². The fourth-order valence-corrected chi connectivity index (χ4v) is 3.49. The Morgan fingerprint density at radius 1 is 1.06 bits per heavy atom. The van der Waals surface area contributed by atoms with Gasteiger partial charge in [-0.3, -0.25) is 9.59 Å². The van der Waals surface area contributed by atoms with Crippen LogP contribution in [0.3, 0.4) is 0 Å². The Morgan fingerprint density at radius 2 is 1.84 bits per heavy atom. The maximum Gasteiger partial charge on any atom is 0.223 e. The number of amides is 2. The van der Waals surface area contributed by atoms with Crippen molar-refractivity contribution >= 4 is 29.0 Å². The molecule has 1 aromatic heterocycles. The van der Waals surface area contributed by atoms with E-state index in [0.29, 0.717) is 5.82 Å². The highest BCUT2D eigenvalue weighted by atomic mass is 16.2. The fraction of sp³-hybridized carbons (Fsp3) is 0.208. The summed E-state index contributed by atoms with van der Waals surface area (Å²) < 4.78 is 0. The molecule has 2 aromatic carbocycles. The molecule has 8 nitrogen and oxygen atoms in total. The molecule has 3 aromatic rings. The topological polar surface area (TPSA) is 125 Å². The molecule has 2 heterocycles. The van der Waals surface area contributed by atoms with Crippen LogP contribution in [0.4, 0.5) is 17.2 Å². The van der Waals surface area contributed by atoms with Crippen molar-refractivity contribution in [3.8, 4) is 17.2 Å². The number of hydrogen-bond acceptors (Lipinski definition) is 6. The molecule has 2 amide bonds. The lowest BCUT2D eigenvalue weighted by atomic mass is 9.96. The first kappa shape index (κ1) is 22.4. The van der Waals surface area contributed by atoms with Crippen molar-refractivity contribution < 1.29 is 9.59 Å². The van der Waals surface area contributed by atoms with Crippen molar-refractivity contribution in [2.24, 2.45) is 0 Å². The Hall–Kier alpha value is -4.25. The third-order valence-corrected chi connectivity index (χ3v) is 4.89. The monoisotopic (exact) mass is 428 g/mol. The van der Waals surface area contributed by atoms with Gasteiger partial charge in [-0.15, -0.1) is 10.2 Å². The number of nitrogen functional groups attached to an aromatic ring is 1. The smallest absolute Gasteiger partial charge is 0.223 e. The number of fused-ring (bicyclic) bond motifs is 1. The Kier molecular flexibility index (Phi) is 7.13. The molecule has 0 atom stereocenters. The van der Waals surface area contributed by atoms with Crippen molar-refractivity contribution in [2.75, 3.05) is 22.5 Å². The molecule has 0 saturated heterocycles. The van der Waals surface area contributed by atoms with Gasteiger partial charge in [0, 0.05) is 31.8 Å². The Balaban J connectivity index is 0.000000269. The van der Waals surface area contributed by atoms with Crippen molar-refractivity contribution in [3.63, 3.8) is 0 Å². The van der Waals surface area contributed by atoms with E-state index in [-0.39, 0.29) is 17.5 Å². The number of nitrogens with zero attached hydrogens (tertiary/aromatic N) is 4. The maximum atomic E-state index is 11.7. The Bertz CT molecular complexity index is 1170. The number of benzene rings is 2. The summed E-state index contributed by atoms with van der Waals surface area (Å²) >= 11 is 0. The number of aromatic nitrogens is 2. The van der Waals surface area contributed by atoms with Gasteiger partial charge in [0.25, 0.3) is 0 Å². The van der Waals surface area contributed by atoms with Gasteiger partial charge in [-0.05, 0) is 65.9 Å². The SMILES string of the molecule is CC(=O)Nc1cccc(-c2ccc3c(c2)CCCN3C(C)=O)c1.N#Cc1ccc(N)nn1. The molecule has 32 heavy (non-hydrogen) atoms. The van der Waals surface area contributed by atoms with E-state index in [2.05, 4.69) is 21.6 Å². The van der Waals surface area contributed by atoms with Crippen molar-refractivity contribution in [1.29, 1.82) is 5.26 Å². The summed E-state index contributed by atoms with van der Waals surface area (Å²) in [6.07, 6.45) is 1.97. The number of nitrogens with two attached hydrogens (primary N) is 1. The van der Waals surface area contributed by atoms with E-state index in [0.717, 1.165) is 41.9 Å². The van der Waals surface area contributed by atoms with E-state index in [1.807, 2.05) is 47.4 Å². The third-order valence-electron chi connectivity index (χ3n) is 4.89. The van der Waals surface area contributed by atoms with Gasteiger partial charge in [-0.2, -0.15) is 5.26 Å². The third kappa shape index (κ3) is 5.67. The zero-order valence-corrected chi connectivity index (χ0v) is 18.0. The van der Waals surface area contributed by atoms with Gasteiger partial charge in [-0.1, -0.05) is 18.2 Å². The predicted molar refractivity (Wildman–Crippen MR) is 124 cm³/mol. The van der Waals surface area contributed by atoms with E-state index in [1.165, 1.54) is 24.6 Å². The first-order valence-corrected chi connectivity index (χ1v) is 10.2. The van der Waals surface area contributed by atoms with Crippen LogP contribution in [0.15, 0.2) is 54.6 Å². The first-order chi connectivity index (χ1) is 15.4. The molecule has 3 N–H and O–H groups in total. The van der Waals surface area contributed by atoms with Gasteiger partial charge in [0.2, 0.25) is 11.8 Å². The minimum absolute atomic E-state index is 0.0790. The number of carbonyl (C=O) groups excluding carboxylic acids is 2. The van der Waals surface area contributed by atoms with Crippen molar-refractivity contribution in [3.05, 3.63) is 65.9 Å². The molecule has 1 aliphatic heterocycles. The molecule has 8 heteroatoms. The van der Waals surface area contributed by atoms with E-state index in [9.17, 15) is 9.59 Å². The Morgan fingerprint density at radius 3 is 2.50 bits per heavy atom. The molecule has 0 bridgehead atoms. The zero-order chi connectivity index (χ0) is 23.1. The summed E-state index contributed by atoms with van der Waals surface area (Å²) in [4.78, 5) is 24.8. The number of carbonyl (C=O) groups is 2. The number of aryl methyl sites for hydroxylation is 1.